The Morgan fingerprint density at radius 1 is 0.941 bits per heavy atom. The zero-order chi connectivity index (χ0) is 23.8. The van der Waals surface area contributed by atoms with Crippen molar-refractivity contribution in [3.8, 4) is 5.75 Å². The van der Waals surface area contributed by atoms with Crippen molar-refractivity contribution in [1.29, 1.82) is 0 Å². The molecule has 0 radical (unpaired) electrons. The van der Waals surface area contributed by atoms with Gasteiger partial charge in [-0.3, -0.25) is 9.69 Å². The van der Waals surface area contributed by atoms with E-state index >= 15 is 0 Å². The maximum Gasteiger partial charge on any atom is 0.253 e. The van der Waals surface area contributed by atoms with Gasteiger partial charge in [0.05, 0.1) is 7.11 Å². The van der Waals surface area contributed by atoms with Gasteiger partial charge in [0, 0.05) is 38.8 Å². The highest BCUT2D eigenvalue weighted by molar-refractivity contribution is 5.93. The Morgan fingerprint density at radius 3 is 2.41 bits per heavy atom. The summed E-state index contributed by atoms with van der Waals surface area (Å²) < 4.78 is 5.66. The molecule has 4 nitrogen and oxygen atoms in total. The Labute approximate surface area is 204 Å². The molecule has 0 aliphatic heterocycles. The molecule has 1 unspecified atom stereocenters. The van der Waals surface area contributed by atoms with Gasteiger partial charge in [0.25, 0.3) is 5.91 Å². The van der Waals surface area contributed by atoms with Crippen LogP contribution in [0.2, 0.25) is 0 Å². The smallest absolute Gasteiger partial charge is 0.253 e. The number of benzene rings is 3. The second kappa shape index (κ2) is 11.8. The summed E-state index contributed by atoms with van der Waals surface area (Å²) in [6.07, 6.45) is 4.34. The van der Waals surface area contributed by atoms with E-state index in [-0.39, 0.29) is 5.91 Å². The fourth-order valence-corrected chi connectivity index (χ4v) is 5.05. The van der Waals surface area contributed by atoms with Gasteiger partial charge in [0.15, 0.2) is 0 Å². The molecule has 0 saturated carbocycles. The summed E-state index contributed by atoms with van der Waals surface area (Å²) in [7, 11) is 3.68. The number of methoxy groups -OCH3 is 1. The van der Waals surface area contributed by atoms with Gasteiger partial charge < -0.3 is 9.64 Å². The van der Waals surface area contributed by atoms with Gasteiger partial charge in [-0.25, -0.2) is 0 Å². The van der Waals surface area contributed by atoms with E-state index < -0.39 is 0 Å². The standard InChI is InChI=1S/C30H36N2O2/c1-31(30(33)27-13-7-4-8-14-27)19-10-20-32(22-24-11-5-3-6-12-24)23-25-17-18-26-15-9-16-29(34-2)28(26)21-25/h3-9,11-16,25H,10,17-23H2,1-2H3. The topological polar surface area (TPSA) is 32.8 Å². The number of ether oxygens (including phenoxy) is 1. The molecule has 0 heterocycles. The lowest BCUT2D eigenvalue weighted by Gasteiger charge is -2.32. The summed E-state index contributed by atoms with van der Waals surface area (Å²) in [4.78, 5) is 17.1. The van der Waals surface area contributed by atoms with Crippen LogP contribution < -0.4 is 4.74 Å². The number of hydrogen-bond donors (Lipinski definition) is 0. The second-order valence-electron chi connectivity index (χ2n) is 9.37. The average molecular weight is 457 g/mol. The number of rotatable bonds is 10. The molecular formula is C30H36N2O2. The molecule has 0 aromatic heterocycles. The first-order valence-corrected chi connectivity index (χ1v) is 12.4. The predicted molar refractivity (Wildman–Crippen MR) is 138 cm³/mol. The summed E-state index contributed by atoms with van der Waals surface area (Å²) in [5.41, 5.74) is 4.91. The third-order valence-electron chi connectivity index (χ3n) is 6.87. The molecule has 0 saturated heterocycles. The zero-order valence-corrected chi connectivity index (χ0v) is 20.5. The Kier molecular flexibility index (Phi) is 8.37. The summed E-state index contributed by atoms with van der Waals surface area (Å²) in [5.74, 6) is 1.72. The summed E-state index contributed by atoms with van der Waals surface area (Å²) in [6, 6.07) is 26.7. The molecule has 1 amide bonds. The SMILES string of the molecule is COc1cccc2c1CC(CN(CCCN(C)C(=O)c1ccccc1)Cc1ccccc1)CC2. The highest BCUT2D eigenvalue weighted by Crippen LogP contribution is 2.32. The van der Waals surface area contributed by atoms with E-state index in [4.69, 9.17) is 4.74 Å². The lowest BCUT2D eigenvalue weighted by Crippen LogP contribution is -2.35. The fraction of sp³-hybridized carbons (Fsp3) is 0.367. The van der Waals surface area contributed by atoms with Crippen molar-refractivity contribution in [3.05, 3.63) is 101 Å². The van der Waals surface area contributed by atoms with E-state index in [2.05, 4.69) is 53.4 Å². The maximum atomic E-state index is 12.7. The number of hydrogen-bond acceptors (Lipinski definition) is 3. The third kappa shape index (κ3) is 6.27. The van der Waals surface area contributed by atoms with Crippen molar-refractivity contribution in [1.82, 2.24) is 9.80 Å². The van der Waals surface area contributed by atoms with E-state index in [1.807, 2.05) is 42.3 Å². The van der Waals surface area contributed by atoms with Crippen molar-refractivity contribution < 1.29 is 9.53 Å². The Hall–Kier alpha value is -3.11. The van der Waals surface area contributed by atoms with E-state index in [0.29, 0.717) is 5.92 Å². The number of fused-ring (bicyclic) bond motifs is 1. The Bertz CT molecular complexity index is 1040. The van der Waals surface area contributed by atoms with Gasteiger partial charge in [0.1, 0.15) is 5.75 Å². The number of aryl methyl sites for hydroxylation is 1. The van der Waals surface area contributed by atoms with E-state index in [0.717, 1.165) is 56.8 Å². The quantitative estimate of drug-likeness (QED) is 0.406. The first-order chi connectivity index (χ1) is 16.6. The molecule has 0 spiro atoms. The van der Waals surface area contributed by atoms with Crippen LogP contribution in [-0.2, 0) is 19.4 Å². The molecule has 178 valence electrons. The minimum atomic E-state index is 0.0891. The van der Waals surface area contributed by atoms with Crippen LogP contribution in [0.15, 0.2) is 78.9 Å². The summed E-state index contributed by atoms with van der Waals surface area (Å²) in [5, 5.41) is 0. The van der Waals surface area contributed by atoms with Crippen molar-refractivity contribution in [2.24, 2.45) is 5.92 Å². The third-order valence-corrected chi connectivity index (χ3v) is 6.87. The summed E-state index contributed by atoms with van der Waals surface area (Å²) >= 11 is 0. The van der Waals surface area contributed by atoms with Crippen LogP contribution in [0, 0.1) is 5.92 Å². The molecule has 1 atom stereocenters. The van der Waals surface area contributed by atoms with Crippen molar-refractivity contribution >= 4 is 5.91 Å². The van der Waals surface area contributed by atoms with Crippen LogP contribution >= 0.6 is 0 Å². The van der Waals surface area contributed by atoms with Crippen molar-refractivity contribution in [2.45, 2.75) is 32.2 Å². The predicted octanol–water partition coefficient (Wildman–Crippen LogP) is 5.46. The Morgan fingerprint density at radius 2 is 1.68 bits per heavy atom. The number of carbonyl (C=O) groups is 1. The lowest BCUT2D eigenvalue weighted by atomic mass is 9.83. The number of amides is 1. The van der Waals surface area contributed by atoms with E-state index in [1.165, 1.54) is 23.1 Å². The van der Waals surface area contributed by atoms with Crippen molar-refractivity contribution in [3.63, 3.8) is 0 Å². The summed E-state index contributed by atoms with van der Waals surface area (Å²) in [6.45, 7) is 3.71. The molecule has 1 aliphatic rings. The highest BCUT2D eigenvalue weighted by atomic mass is 16.5. The van der Waals surface area contributed by atoms with Gasteiger partial charge in [-0.1, -0.05) is 60.7 Å². The first-order valence-electron chi connectivity index (χ1n) is 12.4. The average Bonchev–Trinajstić information content (AvgIpc) is 2.88. The largest absolute Gasteiger partial charge is 0.496 e. The minimum Gasteiger partial charge on any atom is -0.496 e. The first kappa shape index (κ1) is 24.0. The molecule has 4 rings (SSSR count). The van der Waals surface area contributed by atoms with Crippen LogP contribution in [0.25, 0.3) is 0 Å². The maximum absolute atomic E-state index is 12.7. The molecule has 4 heteroatoms. The molecule has 3 aromatic rings. The van der Waals surface area contributed by atoms with Crippen LogP contribution in [-0.4, -0.2) is 49.5 Å². The fourth-order valence-electron chi connectivity index (χ4n) is 5.05. The monoisotopic (exact) mass is 456 g/mol. The number of nitrogens with zero attached hydrogens (tertiary/aromatic N) is 2. The normalized spacial score (nSPS) is 15.1. The molecule has 3 aromatic carbocycles. The van der Waals surface area contributed by atoms with Gasteiger partial charge in [-0.2, -0.15) is 0 Å². The molecule has 34 heavy (non-hydrogen) atoms. The van der Waals surface area contributed by atoms with Gasteiger partial charge in [0.2, 0.25) is 0 Å². The van der Waals surface area contributed by atoms with E-state index in [9.17, 15) is 4.79 Å². The van der Waals surface area contributed by atoms with E-state index in [1.54, 1.807) is 7.11 Å². The van der Waals surface area contributed by atoms with Crippen LogP contribution in [0.4, 0.5) is 0 Å². The molecule has 0 bridgehead atoms. The van der Waals surface area contributed by atoms with Crippen LogP contribution in [0.1, 0.15) is 39.9 Å². The molecule has 1 aliphatic carbocycles. The lowest BCUT2D eigenvalue weighted by molar-refractivity contribution is 0.0786. The number of carbonyl (C=O) groups excluding carboxylic acids is 1. The highest BCUT2D eigenvalue weighted by Gasteiger charge is 2.23. The van der Waals surface area contributed by atoms with Crippen LogP contribution in [0.5, 0.6) is 5.75 Å². The van der Waals surface area contributed by atoms with Crippen molar-refractivity contribution in [2.75, 3.05) is 33.8 Å². The molecular weight excluding hydrogens is 420 g/mol. The minimum absolute atomic E-state index is 0.0891. The molecule has 0 N–H and O–H groups in total. The van der Waals surface area contributed by atoms with Gasteiger partial charge in [-0.05, 0) is 66.5 Å². The zero-order valence-electron chi connectivity index (χ0n) is 20.5. The van der Waals surface area contributed by atoms with Gasteiger partial charge in [-0.15, -0.1) is 0 Å². The van der Waals surface area contributed by atoms with Gasteiger partial charge >= 0.3 is 0 Å². The Balaban J connectivity index is 1.38. The molecule has 0 fully saturated rings. The second-order valence-corrected chi connectivity index (χ2v) is 9.37. The van der Waals surface area contributed by atoms with Crippen LogP contribution in [0.3, 0.4) is 0 Å².